The van der Waals surface area contributed by atoms with Gasteiger partial charge in [-0.2, -0.15) is 0 Å². The van der Waals surface area contributed by atoms with Gasteiger partial charge in [-0.1, -0.05) is 6.07 Å². The van der Waals surface area contributed by atoms with Crippen LogP contribution in [0.4, 0.5) is 5.82 Å². The fourth-order valence-corrected chi connectivity index (χ4v) is 3.43. The molecule has 1 aliphatic rings. The molecule has 0 radical (unpaired) electrons. The van der Waals surface area contributed by atoms with E-state index in [2.05, 4.69) is 37.6 Å². The molecule has 0 spiro atoms. The highest BCUT2D eigenvalue weighted by molar-refractivity contribution is 14.0. The van der Waals surface area contributed by atoms with Crippen LogP contribution < -0.4 is 15.5 Å². The van der Waals surface area contributed by atoms with E-state index in [0.717, 1.165) is 49.9 Å². The number of hydrogen-bond acceptors (Lipinski definition) is 6. The van der Waals surface area contributed by atoms with Crippen LogP contribution in [0.3, 0.4) is 0 Å². The van der Waals surface area contributed by atoms with E-state index in [1.54, 1.807) is 0 Å². The van der Waals surface area contributed by atoms with Gasteiger partial charge >= 0.3 is 0 Å². The molecule has 0 aromatic carbocycles. The third kappa shape index (κ3) is 10.4. The van der Waals surface area contributed by atoms with Crippen LogP contribution in [0.1, 0.15) is 25.5 Å². The zero-order valence-electron chi connectivity index (χ0n) is 17.6. The summed E-state index contributed by atoms with van der Waals surface area (Å²) in [6, 6.07) is 6.50. The zero-order valence-corrected chi connectivity index (χ0v) is 20.7. The number of aliphatic imine (C=N–C) groups is 1. The van der Waals surface area contributed by atoms with Gasteiger partial charge in [-0.3, -0.25) is 4.99 Å². The third-order valence-corrected chi connectivity index (χ3v) is 5.39. The number of ether oxygens (including phenoxy) is 1. The Morgan fingerprint density at radius 2 is 2.03 bits per heavy atom. The van der Waals surface area contributed by atoms with Crippen molar-refractivity contribution in [1.29, 1.82) is 0 Å². The van der Waals surface area contributed by atoms with Gasteiger partial charge in [-0.05, 0) is 38.8 Å². The van der Waals surface area contributed by atoms with Crippen molar-refractivity contribution in [2.24, 2.45) is 4.99 Å². The lowest BCUT2D eigenvalue weighted by molar-refractivity contribution is 0.157. The number of nitrogens with one attached hydrogen (secondary N) is 2. The molecule has 1 aromatic rings. The Hall–Kier alpha value is -1.14. The van der Waals surface area contributed by atoms with Crippen molar-refractivity contribution in [3.63, 3.8) is 0 Å². The number of aryl methyl sites for hydroxylation is 1. The molecule has 29 heavy (non-hydrogen) atoms. The first-order chi connectivity index (χ1) is 13.4. The number of nitrogens with zero attached hydrogens (tertiary/aromatic N) is 3. The molecule has 0 atom stereocenters. The van der Waals surface area contributed by atoms with Gasteiger partial charge in [0, 0.05) is 37.6 Å². The Balaban J connectivity index is 0.00000420. The van der Waals surface area contributed by atoms with Gasteiger partial charge < -0.3 is 20.3 Å². The van der Waals surface area contributed by atoms with E-state index in [1.807, 2.05) is 19.9 Å². The maximum atomic E-state index is 11.1. The van der Waals surface area contributed by atoms with Crippen LogP contribution in [0.2, 0.25) is 0 Å². The summed E-state index contributed by atoms with van der Waals surface area (Å²) in [6.07, 6.45) is 3.25. The minimum atomic E-state index is -2.98. The number of halogens is 1. The molecule has 0 saturated carbocycles. The van der Waals surface area contributed by atoms with Crippen LogP contribution in [0, 0.1) is 6.92 Å². The molecule has 8 nitrogen and oxygen atoms in total. The van der Waals surface area contributed by atoms with Gasteiger partial charge in [0.1, 0.15) is 15.7 Å². The molecule has 0 bridgehead atoms. The third-order valence-electron chi connectivity index (χ3n) is 4.48. The van der Waals surface area contributed by atoms with Crippen molar-refractivity contribution in [2.75, 3.05) is 56.3 Å². The maximum Gasteiger partial charge on any atom is 0.191 e. The standard InChI is InChI=1S/C19H33N5O3S.HI/c1-4-20-19(21-10-13-27-14-15-28(3,25)26)23-17-8-11-24(12-9-17)18-7-5-6-16(2)22-18;/h5-7,17H,4,8-15H2,1-3H3,(H2,20,21,23);1H. The van der Waals surface area contributed by atoms with Gasteiger partial charge in [-0.25, -0.2) is 13.4 Å². The van der Waals surface area contributed by atoms with Crippen LogP contribution in [-0.4, -0.2) is 76.8 Å². The summed E-state index contributed by atoms with van der Waals surface area (Å²) >= 11 is 0. The molecule has 166 valence electrons. The molecule has 1 saturated heterocycles. The number of hydrogen-bond donors (Lipinski definition) is 2. The zero-order chi connectivity index (χ0) is 20.4. The summed E-state index contributed by atoms with van der Waals surface area (Å²) in [5.74, 6) is 1.87. The van der Waals surface area contributed by atoms with Gasteiger partial charge in [0.05, 0.1) is 25.5 Å². The van der Waals surface area contributed by atoms with Gasteiger partial charge in [-0.15, -0.1) is 24.0 Å². The summed E-state index contributed by atoms with van der Waals surface area (Å²) in [5.41, 5.74) is 1.04. The fourth-order valence-electron chi connectivity index (χ4n) is 3.01. The second-order valence-corrected chi connectivity index (χ2v) is 9.31. The fraction of sp³-hybridized carbons (Fsp3) is 0.684. The van der Waals surface area contributed by atoms with Crippen LogP contribution in [0.15, 0.2) is 23.2 Å². The lowest BCUT2D eigenvalue weighted by Crippen LogP contribution is -2.49. The highest BCUT2D eigenvalue weighted by Gasteiger charge is 2.20. The summed E-state index contributed by atoms with van der Waals surface area (Å²) in [4.78, 5) is 11.5. The normalized spacial score (nSPS) is 15.7. The summed E-state index contributed by atoms with van der Waals surface area (Å²) in [5, 5.41) is 6.75. The Morgan fingerprint density at radius 1 is 1.31 bits per heavy atom. The van der Waals surface area contributed by atoms with E-state index in [0.29, 0.717) is 19.2 Å². The predicted molar refractivity (Wildman–Crippen MR) is 129 cm³/mol. The Bertz CT molecular complexity index is 737. The minimum absolute atomic E-state index is 0. The Labute approximate surface area is 191 Å². The molecular weight excluding hydrogens is 505 g/mol. The van der Waals surface area contributed by atoms with Crippen molar-refractivity contribution in [3.8, 4) is 0 Å². The number of rotatable bonds is 9. The quantitative estimate of drug-likeness (QED) is 0.213. The average Bonchev–Trinajstić information content (AvgIpc) is 2.64. The summed E-state index contributed by atoms with van der Waals surface area (Å²) in [6.45, 7) is 7.86. The SMILES string of the molecule is CCNC(=NCCOCCS(C)(=O)=O)NC1CCN(c2cccc(C)n2)CC1.I. The van der Waals surface area contributed by atoms with Crippen molar-refractivity contribution in [3.05, 3.63) is 23.9 Å². The van der Waals surface area contributed by atoms with Crippen LogP contribution >= 0.6 is 24.0 Å². The molecule has 2 heterocycles. The minimum Gasteiger partial charge on any atom is -0.378 e. The number of pyridine rings is 1. The number of guanidine groups is 1. The Kier molecular flexibility index (Phi) is 11.8. The Morgan fingerprint density at radius 3 is 2.66 bits per heavy atom. The molecule has 10 heteroatoms. The average molecular weight is 539 g/mol. The van der Waals surface area contributed by atoms with Crippen LogP contribution in [0.5, 0.6) is 0 Å². The number of anilines is 1. The van der Waals surface area contributed by atoms with Crippen molar-refractivity contribution in [1.82, 2.24) is 15.6 Å². The van der Waals surface area contributed by atoms with Crippen molar-refractivity contribution < 1.29 is 13.2 Å². The highest BCUT2D eigenvalue weighted by atomic mass is 127. The molecule has 0 amide bonds. The smallest absolute Gasteiger partial charge is 0.191 e. The van der Waals surface area contributed by atoms with Crippen molar-refractivity contribution >= 4 is 45.6 Å². The maximum absolute atomic E-state index is 11.1. The first kappa shape index (κ1) is 25.9. The van der Waals surface area contributed by atoms with E-state index in [1.165, 1.54) is 6.26 Å². The van der Waals surface area contributed by atoms with Crippen LogP contribution in [-0.2, 0) is 14.6 Å². The van der Waals surface area contributed by atoms with Crippen LogP contribution in [0.25, 0.3) is 0 Å². The molecule has 1 aromatic heterocycles. The first-order valence-electron chi connectivity index (χ1n) is 9.86. The molecule has 0 aliphatic carbocycles. The molecule has 1 aliphatic heterocycles. The number of sulfone groups is 1. The number of aromatic nitrogens is 1. The first-order valence-corrected chi connectivity index (χ1v) is 11.9. The van der Waals surface area contributed by atoms with E-state index in [4.69, 9.17) is 4.74 Å². The summed E-state index contributed by atoms with van der Waals surface area (Å²) in [7, 11) is -2.98. The monoisotopic (exact) mass is 539 g/mol. The molecule has 0 unspecified atom stereocenters. The highest BCUT2D eigenvalue weighted by Crippen LogP contribution is 2.18. The second kappa shape index (κ2) is 13.2. The molecule has 2 rings (SSSR count). The topological polar surface area (TPSA) is 95.9 Å². The van der Waals surface area contributed by atoms with E-state index in [-0.39, 0.29) is 36.3 Å². The van der Waals surface area contributed by atoms with E-state index < -0.39 is 9.84 Å². The lowest BCUT2D eigenvalue weighted by atomic mass is 10.1. The molecular formula is C19H34IN5O3S. The van der Waals surface area contributed by atoms with Gasteiger partial charge in [0.25, 0.3) is 0 Å². The van der Waals surface area contributed by atoms with Gasteiger partial charge in [0.2, 0.25) is 0 Å². The molecule has 1 fully saturated rings. The second-order valence-electron chi connectivity index (χ2n) is 7.05. The number of piperidine rings is 1. The predicted octanol–water partition coefficient (Wildman–Crippen LogP) is 1.59. The van der Waals surface area contributed by atoms with E-state index in [9.17, 15) is 8.42 Å². The summed E-state index contributed by atoms with van der Waals surface area (Å²) < 4.78 is 27.5. The van der Waals surface area contributed by atoms with E-state index >= 15 is 0 Å². The van der Waals surface area contributed by atoms with Gasteiger partial charge in [0.15, 0.2) is 5.96 Å². The largest absolute Gasteiger partial charge is 0.378 e. The van der Waals surface area contributed by atoms with Crippen molar-refractivity contribution in [2.45, 2.75) is 32.7 Å². The molecule has 2 N–H and O–H groups in total. The lowest BCUT2D eigenvalue weighted by Gasteiger charge is -2.34.